The molecule has 1 aromatic carbocycles. The highest BCUT2D eigenvalue weighted by Gasteiger charge is 2.34. The summed E-state index contributed by atoms with van der Waals surface area (Å²) in [7, 11) is -3.84. The van der Waals surface area contributed by atoms with Gasteiger partial charge in [-0.3, -0.25) is 4.79 Å². The fraction of sp³-hybridized carbons (Fsp3) is 0.357. The Morgan fingerprint density at radius 3 is 2.42 bits per heavy atom. The minimum Gasteiger partial charge on any atom is -0.336 e. The molecule has 0 spiro atoms. The summed E-state index contributed by atoms with van der Waals surface area (Å²) in [6, 6.07) is 4.15. The molecule has 3 rings (SSSR count). The van der Waals surface area contributed by atoms with Gasteiger partial charge in [0.2, 0.25) is 0 Å². The van der Waals surface area contributed by atoms with E-state index in [1.807, 2.05) is 0 Å². The molecule has 1 N–H and O–H groups in total. The molecule has 8 nitrogen and oxygen atoms in total. The van der Waals surface area contributed by atoms with Gasteiger partial charge in [-0.2, -0.15) is 22.6 Å². The first-order chi connectivity index (χ1) is 12.2. The maximum atomic E-state index is 12.8. The number of rotatable bonds is 3. The maximum Gasteiger partial charge on any atom is 0.416 e. The van der Waals surface area contributed by atoms with E-state index < -0.39 is 27.7 Å². The number of H-pyrrole nitrogens is 1. The van der Waals surface area contributed by atoms with Gasteiger partial charge in [0.1, 0.15) is 6.33 Å². The standard InChI is InChI=1S/C14H14F3N5O3S/c15-14(16,17)11-3-1-2-10(8-11)12(23)21-4-6-22(7-5-21)26(24,25)13-18-9-19-20-13/h1-3,8-9H,4-7H2,(H,18,19,20). The molecular weight excluding hydrogens is 375 g/mol. The Labute approximate surface area is 146 Å². The summed E-state index contributed by atoms with van der Waals surface area (Å²) >= 11 is 0. The van der Waals surface area contributed by atoms with E-state index in [-0.39, 0.29) is 36.9 Å². The molecule has 1 amide bonds. The lowest BCUT2D eigenvalue weighted by Crippen LogP contribution is -2.50. The number of hydrogen-bond acceptors (Lipinski definition) is 5. The minimum absolute atomic E-state index is 0.00767. The number of nitrogens with one attached hydrogen (secondary N) is 1. The predicted octanol–water partition coefficient (Wildman–Crippen LogP) is 0.970. The summed E-state index contributed by atoms with van der Waals surface area (Å²) in [6.45, 7) is 0.131. The van der Waals surface area contributed by atoms with Gasteiger partial charge in [-0.15, -0.1) is 0 Å². The predicted molar refractivity (Wildman–Crippen MR) is 82.5 cm³/mol. The Bertz CT molecular complexity index is 891. The molecule has 1 aliphatic rings. The van der Waals surface area contributed by atoms with Crippen molar-refractivity contribution < 1.29 is 26.4 Å². The Morgan fingerprint density at radius 2 is 1.85 bits per heavy atom. The molecule has 0 aliphatic carbocycles. The zero-order valence-corrected chi connectivity index (χ0v) is 14.1. The number of amides is 1. The summed E-state index contributed by atoms with van der Waals surface area (Å²) in [5, 5.41) is 5.48. The molecule has 2 heterocycles. The molecule has 0 unspecified atom stereocenters. The summed E-state index contributed by atoms with van der Waals surface area (Å²) < 4.78 is 64.1. The number of aromatic amines is 1. The number of halogens is 3. The molecule has 1 saturated heterocycles. The number of piperazine rings is 1. The smallest absolute Gasteiger partial charge is 0.336 e. The largest absolute Gasteiger partial charge is 0.416 e. The van der Waals surface area contributed by atoms with Crippen LogP contribution in [0.4, 0.5) is 13.2 Å². The second-order valence-corrected chi connectivity index (χ2v) is 7.42. The van der Waals surface area contributed by atoms with Crippen molar-refractivity contribution in [2.75, 3.05) is 26.2 Å². The number of carbonyl (C=O) groups excluding carboxylic acids is 1. The van der Waals surface area contributed by atoms with Gasteiger partial charge < -0.3 is 4.90 Å². The lowest BCUT2D eigenvalue weighted by molar-refractivity contribution is -0.137. The molecule has 1 fully saturated rings. The Hall–Kier alpha value is -2.47. The molecule has 0 saturated carbocycles. The summed E-state index contributed by atoms with van der Waals surface area (Å²) in [5.74, 6) is -0.576. The second-order valence-electron chi connectivity index (χ2n) is 5.57. The van der Waals surface area contributed by atoms with Crippen molar-refractivity contribution in [2.45, 2.75) is 11.3 Å². The molecule has 2 aromatic rings. The van der Waals surface area contributed by atoms with E-state index >= 15 is 0 Å². The van der Waals surface area contributed by atoms with Crippen LogP contribution in [-0.2, 0) is 16.2 Å². The van der Waals surface area contributed by atoms with Gasteiger partial charge in [0.05, 0.1) is 5.56 Å². The van der Waals surface area contributed by atoms with Crippen molar-refractivity contribution in [1.29, 1.82) is 0 Å². The van der Waals surface area contributed by atoms with Crippen LogP contribution in [0, 0.1) is 0 Å². The third kappa shape index (κ3) is 3.55. The van der Waals surface area contributed by atoms with E-state index in [0.717, 1.165) is 22.8 Å². The van der Waals surface area contributed by atoms with E-state index in [2.05, 4.69) is 15.2 Å². The second kappa shape index (κ2) is 6.68. The van der Waals surface area contributed by atoms with Crippen LogP contribution in [0.15, 0.2) is 35.7 Å². The lowest BCUT2D eigenvalue weighted by Gasteiger charge is -2.33. The highest BCUT2D eigenvalue weighted by molar-refractivity contribution is 7.88. The number of carbonyl (C=O) groups is 1. The first kappa shape index (κ1) is 18.3. The van der Waals surface area contributed by atoms with Crippen molar-refractivity contribution in [2.24, 2.45) is 0 Å². The topological polar surface area (TPSA) is 99.3 Å². The molecule has 12 heteroatoms. The molecule has 26 heavy (non-hydrogen) atoms. The Morgan fingerprint density at radius 1 is 1.15 bits per heavy atom. The SMILES string of the molecule is O=C(c1cccc(C(F)(F)F)c1)N1CCN(S(=O)(=O)c2ncn[nH]2)CC1. The van der Waals surface area contributed by atoms with Crippen LogP contribution in [0.5, 0.6) is 0 Å². The molecule has 140 valence electrons. The van der Waals surface area contributed by atoms with Crippen molar-refractivity contribution in [3.05, 3.63) is 41.7 Å². The van der Waals surface area contributed by atoms with E-state index in [1.54, 1.807) is 0 Å². The van der Waals surface area contributed by atoms with Gasteiger partial charge in [0.15, 0.2) is 0 Å². The van der Waals surface area contributed by atoms with Gasteiger partial charge in [-0.05, 0) is 18.2 Å². The van der Waals surface area contributed by atoms with Crippen LogP contribution in [0.3, 0.4) is 0 Å². The number of aromatic nitrogens is 3. The quantitative estimate of drug-likeness (QED) is 0.843. The van der Waals surface area contributed by atoms with Crippen molar-refractivity contribution in [3.8, 4) is 0 Å². The van der Waals surface area contributed by atoms with E-state index in [1.165, 1.54) is 17.0 Å². The minimum atomic E-state index is -4.54. The van der Waals surface area contributed by atoms with Gasteiger partial charge in [0.25, 0.3) is 21.1 Å². The first-order valence-corrected chi connectivity index (χ1v) is 8.95. The number of alkyl halides is 3. The van der Waals surface area contributed by atoms with Crippen molar-refractivity contribution in [3.63, 3.8) is 0 Å². The molecule has 0 bridgehead atoms. The maximum absolute atomic E-state index is 12.8. The molecule has 1 aliphatic heterocycles. The highest BCUT2D eigenvalue weighted by Crippen LogP contribution is 2.29. The van der Waals surface area contributed by atoms with Crippen molar-refractivity contribution >= 4 is 15.9 Å². The average molecular weight is 389 g/mol. The van der Waals surface area contributed by atoms with E-state index in [4.69, 9.17) is 0 Å². The first-order valence-electron chi connectivity index (χ1n) is 7.51. The third-order valence-corrected chi connectivity index (χ3v) is 5.67. The summed E-state index contributed by atoms with van der Waals surface area (Å²) in [5.41, 5.74) is -0.999. The number of sulfonamides is 1. The number of benzene rings is 1. The lowest BCUT2D eigenvalue weighted by atomic mass is 10.1. The van der Waals surface area contributed by atoms with Crippen LogP contribution < -0.4 is 0 Å². The fourth-order valence-corrected chi connectivity index (χ4v) is 3.82. The van der Waals surface area contributed by atoms with Gasteiger partial charge in [0, 0.05) is 31.7 Å². The van der Waals surface area contributed by atoms with Crippen LogP contribution in [0.2, 0.25) is 0 Å². The zero-order chi connectivity index (χ0) is 18.9. The Balaban J connectivity index is 1.70. The highest BCUT2D eigenvalue weighted by atomic mass is 32.2. The Kier molecular flexibility index (Phi) is 4.71. The van der Waals surface area contributed by atoms with Crippen molar-refractivity contribution in [1.82, 2.24) is 24.4 Å². The van der Waals surface area contributed by atoms with E-state index in [0.29, 0.717) is 0 Å². The van der Waals surface area contributed by atoms with Gasteiger partial charge in [-0.25, -0.2) is 18.5 Å². The fourth-order valence-electron chi connectivity index (χ4n) is 2.58. The molecule has 0 atom stereocenters. The third-order valence-electron chi connectivity index (χ3n) is 3.94. The summed E-state index contributed by atoms with van der Waals surface area (Å²) in [6.07, 6.45) is -3.47. The van der Waals surface area contributed by atoms with Gasteiger partial charge in [-0.1, -0.05) is 6.07 Å². The summed E-state index contributed by atoms with van der Waals surface area (Å²) in [4.78, 5) is 17.4. The van der Waals surface area contributed by atoms with Crippen LogP contribution >= 0.6 is 0 Å². The zero-order valence-electron chi connectivity index (χ0n) is 13.3. The number of nitrogens with zero attached hydrogens (tertiary/aromatic N) is 4. The average Bonchev–Trinajstić information content (AvgIpc) is 3.16. The molecule has 0 radical (unpaired) electrons. The van der Waals surface area contributed by atoms with E-state index in [9.17, 15) is 26.4 Å². The molecular formula is C14H14F3N5O3S. The monoisotopic (exact) mass is 389 g/mol. The van der Waals surface area contributed by atoms with Crippen LogP contribution in [-0.4, -0.2) is 64.9 Å². The van der Waals surface area contributed by atoms with Gasteiger partial charge >= 0.3 is 6.18 Å². The van der Waals surface area contributed by atoms with Crippen LogP contribution in [0.1, 0.15) is 15.9 Å². The normalized spacial score (nSPS) is 16.7. The van der Waals surface area contributed by atoms with Crippen LogP contribution in [0.25, 0.3) is 0 Å². The number of hydrogen-bond donors (Lipinski definition) is 1. The molecule has 1 aromatic heterocycles.